The fourth-order valence-electron chi connectivity index (χ4n) is 4.84. The number of rotatable bonds is 11. The Morgan fingerprint density at radius 1 is 0.783 bits per heavy atom. The number of methoxy groups -OCH3 is 5. The highest BCUT2D eigenvalue weighted by Gasteiger charge is 2.22. The van der Waals surface area contributed by atoms with Gasteiger partial charge in [0.25, 0.3) is 5.91 Å². The van der Waals surface area contributed by atoms with E-state index in [0.29, 0.717) is 44.7 Å². The highest BCUT2D eigenvalue weighted by Crippen LogP contribution is 2.40. The van der Waals surface area contributed by atoms with Gasteiger partial charge in [0, 0.05) is 27.1 Å². The first-order valence-electron chi connectivity index (χ1n) is 13.8. The van der Waals surface area contributed by atoms with Gasteiger partial charge in [-0.2, -0.15) is 5.10 Å². The first-order chi connectivity index (χ1) is 22.3. The molecule has 1 heterocycles. The summed E-state index contributed by atoms with van der Waals surface area (Å²) in [5, 5.41) is 5.40. The number of esters is 1. The SMILES string of the molecule is COc1ccc2[nH]c(C(=O)NN=Cc3ccc(OC(=O)c4cc(OC)c(OC)c(OC)c4)c(OC)c3)c(-c3ccccc3Cl)c2c1. The third-order valence-corrected chi connectivity index (χ3v) is 7.38. The molecule has 0 saturated carbocycles. The largest absolute Gasteiger partial charge is 0.497 e. The fourth-order valence-corrected chi connectivity index (χ4v) is 5.07. The monoisotopic (exact) mass is 643 g/mol. The van der Waals surface area contributed by atoms with Gasteiger partial charge in [-0.15, -0.1) is 0 Å². The van der Waals surface area contributed by atoms with Gasteiger partial charge in [-0.05, 0) is 60.2 Å². The van der Waals surface area contributed by atoms with Crippen molar-refractivity contribution >= 4 is 40.6 Å². The minimum atomic E-state index is -0.670. The lowest BCUT2D eigenvalue weighted by Crippen LogP contribution is -2.19. The Morgan fingerprint density at radius 2 is 1.50 bits per heavy atom. The number of nitrogens with zero attached hydrogens (tertiary/aromatic N) is 1. The van der Waals surface area contributed by atoms with Crippen LogP contribution in [0, 0.1) is 0 Å². The molecule has 0 bridgehead atoms. The highest BCUT2D eigenvalue weighted by molar-refractivity contribution is 6.34. The number of halogens is 1. The lowest BCUT2D eigenvalue weighted by molar-refractivity contribution is 0.0728. The number of fused-ring (bicyclic) bond motifs is 1. The number of aromatic amines is 1. The van der Waals surface area contributed by atoms with Crippen LogP contribution in [0.25, 0.3) is 22.0 Å². The molecule has 0 radical (unpaired) electrons. The van der Waals surface area contributed by atoms with Crippen molar-refractivity contribution in [1.82, 2.24) is 10.4 Å². The van der Waals surface area contributed by atoms with Gasteiger partial charge in [-0.3, -0.25) is 4.79 Å². The Morgan fingerprint density at radius 3 is 2.15 bits per heavy atom. The van der Waals surface area contributed by atoms with Gasteiger partial charge in [0.15, 0.2) is 23.0 Å². The van der Waals surface area contributed by atoms with E-state index in [9.17, 15) is 9.59 Å². The summed E-state index contributed by atoms with van der Waals surface area (Å²) in [5.41, 5.74) is 5.62. The third-order valence-electron chi connectivity index (χ3n) is 7.05. The molecule has 1 aromatic heterocycles. The maximum absolute atomic E-state index is 13.4. The summed E-state index contributed by atoms with van der Waals surface area (Å²) >= 11 is 6.53. The van der Waals surface area contributed by atoms with E-state index in [2.05, 4.69) is 15.5 Å². The maximum atomic E-state index is 13.4. The average Bonchev–Trinajstić information content (AvgIpc) is 3.46. The number of H-pyrrole nitrogens is 1. The summed E-state index contributed by atoms with van der Waals surface area (Å²) in [4.78, 5) is 29.6. The number of hydrazone groups is 1. The molecule has 0 saturated heterocycles. The minimum absolute atomic E-state index is 0.167. The van der Waals surface area contributed by atoms with Gasteiger partial charge < -0.3 is 33.4 Å². The summed E-state index contributed by atoms with van der Waals surface area (Å²) in [6.07, 6.45) is 1.44. The van der Waals surface area contributed by atoms with E-state index in [0.717, 1.165) is 10.9 Å². The molecule has 0 aliphatic rings. The predicted molar refractivity (Wildman–Crippen MR) is 174 cm³/mol. The third kappa shape index (κ3) is 6.40. The molecule has 0 aliphatic carbocycles. The molecule has 11 nitrogen and oxygen atoms in total. The maximum Gasteiger partial charge on any atom is 0.343 e. The number of ether oxygens (including phenoxy) is 6. The summed E-state index contributed by atoms with van der Waals surface area (Å²) in [6.45, 7) is 0. The Hall–Kier alpha value is -5.68. The fraction of sp³-hybridized carbons (Fsp3) is 0.147. The quantitative estimate of drug-likeness (QED) is 0.0721. The molecule has 46 heavy (non-hydrogen) atoms. The molecule has 0 atom stereocenters. The van der Waals surface area contributed by atoms with Gasteiger partial charge in [0.05, 0.1) is 47.3 Å². The Balaban J connectivity index is 1.36. The zero-order valence-electron chi connectivity index (χ0n) is 25.6. The van der Waals surface area contributed by atoms with Crippen LogP contribution in [0.1, 0.15) is 26.4 Å². The van der Waals surface area contributed by atoms with Crippen LogP contribution in [-0.4, -0.2) is 58.6 Å². The summed E-state index contributed by atoms with van der Waals surface area (Å²) in [6, 6.07) is 20.5. The number of amides is 1. The molecule has 5 rings (SSSR count). The van der Waals surface area contributed by atoms with Crippen molar-refractivity contribution in [3.63, 3.8) is 0 Å². The zero-order chi connectivity index (χ0) is 32.8. The first kappa shape index (κ1) is 31.7. The second-order valence-electron chi connectivity index (χ2n) is 9.68. The van der Waals surface area contributed by atoms with Crippen molar-refractivity contribution < 1.29 is 38.0 Å². The van der Waals surface area contributed by atoms with Gasteiger partial charge in [-0.1, -0.05) is 29.8 Å². The van der Waals surface area contributed by atoms with Crippen LogP contribution in [0.4, 0.5) is 0 Å². The molecule has 0 unspecified atom stereocenters. The van der Waals surface area contributed by atoms with E-state index in [1.165, 1.54) is 46.8 Å². The number of nitrogens with one attached hydrogen (secondary N) is 2. The number of hydrogen-bond acceptors (Lipinski definition) is 9. The molecular formula is C34H30ClN3O8. The first-order valence-corrected chi connectivity index (χ1v) is 14.2. The van der Waals surface area contributed by atoms with Crippen molar-refractivity contribution in [2.45, 2.75) is 0 Å². The molecule has 2 N–H and O–H groups in total. The van der Waals surface area contributed by atoms with Crippen molar-refractivity contribution in [3.05, 3.63) is 94.6 Å². The number of carbonyl (C=O) groups excluding carboxylic acids is 2. The van der Waals surface area contributed by atoms with Crippen LogP contribution in [0.15, 0.2) is 77.9 Å². The van der Waals surface area contributed by atoms with Gasteiger partial charge in [0.1, 0.15) is 11.4 Å². The van der Waals surface area contributed by atoms with Crippen molar-refractivity contribution in [2.75, 3.05) is 35.5 Å². The standard InChI is InChI=1S/C34H30ClN3O8/c1-41-21-11-12-25-23(17-21)30(22-8-6-7-9-24(22)35)31(37-25)33(39)38-36-18-19-10-13-26(27(14-19)42-2)46-34(40)20-15-28(43-3)32(45-5)29(16-20)44-4/h6-18,37H,1-5H3,(H,38,39). The molecule has 0 spiro atoms. The number of hydrogen-bond donors (Lipinski definition) is 2. The number of carbonyl (C=O) groups is 2. The Bertz CT molecular complexity index is 1930. The normalized spacial score (nSPS) is 10.9. The van der Waals surface area contributed by atoms with Crippen LogP contribution in [-0.2, 0) is 0 Å². The van der Waals surface area contributed by atoms with E-state index in [4.69, 9.17) is 40.0 Å². The van der Waals surface area contributed by atoms with Crippen molar-refractivity contribution in [2.24, 2.45) is 5.10 Å². The second kappa shape index (κ2) is 14.0. The van der Waals surface area contributed by atoms with Crippen LogP contribution < -0.4 is 33.8 Å². The lowest BCUT2D eigenvalue weighted by Gasteiger charge is -2.14. The van der Waals surface area contributed by atoms with E-state index in [1.54, 1.807) is 37.4 Å². The van der Waals surface area contributed by atoms with E-state index in [-0.39, 0.29) is 22.8 Å². The average molecular weight is 644 g/mol. The molecule has 236 valence electrons. The lowest BCUT2D eigenvalue weighted by atomic mass is 10.0. The van der Waals surface area contributed by atoms with Gasteiger partial charge in [0.2, 0.25) is 5.75 Å². The molecule has 1 amide bonds. The molecule has 12 heteroatoms. The van der Waals surface area contributed by atoms with Crippen LogP contribution >= 0.6 is 11.6 Å². The predicted octanol–water partition coefficient (Wildman–Crippen LogP) is 6.51. The molecular weight excluding hydrogens is 614 g/mol. The topological polar surface area (TPSA) is 130 Å². The van der Waals surface area contributed by atoms with E-state index < -0.39 is 11.9 Å². The van der Waals surface area contributed by atoms with Gasteiger partial charge in [-0.25, -0.2) is 10.2 Å². The zero-order valence-corrected chi connectivity index (χ0v) is 26.4. The number of aromatic nitrogens is 1. The molecule has 5 aromatic rings. The Labute approximate surface area is 269 Å². The molecule has 4 aromatic carbocycles. The van der Waals surface area contributed by atoms with Gasteiger partial charge >= 0.3 is 5.97 Å². The van der Waals surface area contributed by atoms with Crippen molar-refractivity contribution in [3.8, 4) is 45.6 Å². The van der Waals surface area contributed by atoms with Crippen LogP contribution in [0.5, 0.6) is 34.5 Å². The van der Waals surface area contributed by atoms with E-state index in [1.807, 2.05) is 30.3 Å². The second-order valence-corrected chi connectivity index (χ2v) is 10.1. The summed E-state index contributed by atoms with van der Waals surface area (Å²) < 4.78 is 32.4. The Kier molecular flexibility index (Phi) is 9.63. The van der Waals surface area contributed by atoms with Crippen molar-refractivity contribution in [1.29, 1.82) is 0 Å². The smallest absolute Gasteiger partial charge is 0.343 e. The summed E-state index contributed by atoms with van der Waals surface area (Å²) in [5.74, 6) is 0.875. The van der Waals surface area contributed by atoms with Crippen LogP contribution in [0.3, 0.4) is 0 Å². The van der Waals surface area contributed by atoms with Crippen LogP contribution in [0.2, 0.25) is 5.02 Å². The molecule has 0 aliphatic heterocycles. The minimum Gasteiger partial charge on any atom is -0.497 e. The highest BCUT2D eigenvalue weighted by atomic mass is 35.5. The summed E-state index contributed by atoms with van der Waals surface area (Å²) in [7, 11) is 7.39. The number of benzene rings is 4. The van der Waals surface area contributed by atoms with E-state index >= 15 is 0 Å². The molecule has 0 fully saturated rings.